The van der Waals surface area contributed by atoms with Crippen LogP contribution in [0.1, 0.15) is 23.5 Å². The summed E-state index contributed by atoms with van der Waals surface area (Å²) in [5.74, 6) is -0.958. The van der Waals surface area contributed by atoms with Crippen molar-refractivity contribution in [1.82, 2.24) is 0 Å². The van der Waals surface area contributed by atoms with Crippen LogP contribution in [-0.2, 0) is 4.79 Å². The standard InChI is InChI=1S/C27H18O9/c1-2-8-34-15-5-3-4-13(9-15)16-11-21(31)35-20-12-19(30)23-24(32)25(33)26(36-27(23)22(16)20)14-6-7-17(28)18(29)10-14/h1,3-7,9-10,12,16,28-30,33H,8,11H2. The summed E-state index contributed by atoms with van der Waals surface area (Å²) in [5, 5.41) is 40.4. The van der Waals surface area contributed by atoms with E-state index in [0.29, 0.717) is 16.9 Å². The Morgan fingerprint density at radius 2 is 1.81 bits per heavy atom. The number of carbonyl (C=O) groups is 1. The monoisotopic (exact) mass is 486 g/mol. The van der Waals surface area contributed by atoms with Crippen molar-refractivity contribution < 1.29 is 39.1 Å². The number of terminal acetylenes is 1. The van der Waals surface area contributed by atoms with Gasteiger partial charge in [0.1, 0.15) is 34.8 Å². The molecule has 1 aliphatic rings. The molecular weight excluding hydrogens is 468 g/mol. The quantitative estimate of drug-likeness (QED) is 0.147. The van der Waals surface area contributed by atoms with E-state index in [1.807, 2.05) is 0 Å². The number of rotatable bonds is 4. The number of fused-ring (bicyclic) bond motifs is 3. The van der Waals surface area contributed by atoms with Gasteiger partial charge in [-0.3, -0.25) is 9.59 Å². The third-order valence-electron chi connectivity index (χ3n) is 5.89. The highest BCUT2D eigenvalue weighted by Gasteiger charge is 2.34. The summed E-state index contributed by atoms with van der Waals surface area (Å²) in [6.07, 6.45) is 5.16. The lowest BCUT2D eigenvalue weighted by Gasteiger charge is -2.26. The number of benzene rings is 3. The Morgan fingerprint density at radius 3 is 2.56 bits per heavy atom. The lowest BCUT2D eigenvalue weighted by molar-refractivity contribution is -0.135. The van der Waals surface area contributed by atoms with Gasteiger partial charge in [-0.2, -0.15) is 0 Å². The fraction of sp³-hybridized carbons (Fsp3) is 0.111. The van der Waals surface area contributed by atoms with Crippen LogP contribution in [0.4, 0.5) is 0 Å². The fourth-order valence-electron chi connectivity index (χ4n) is 4.27. The Morgan fingerprint density at radius 1 is 1.00 bits per heavy atom. The molecule has 1 aromatic heterocycles. The second-order valence-corrected chi connectivity index (χ2v) is 8.12. The Bertz CT molecular complexity index is 1640. The zero-order chi connectivity index (χ0) is 25.6. The lowest BCUT2D eigenvalue weighted by atomic mass is 9.85. The van der Waals surface area contributed by atoms with Crippen molar-refractivity contribution in [3.63, 3.8) is 0 Å². The third-order valence-corrected chi connectivity index (χ3v) is 5.89. The summed E-state index contributed by atoms with van der Waals surface area (Å²) in [5.41, 5.74) is -0.0107. The minimum atomic E-state index is -0.930. The second kappa shape index (κ2) is 8.60. The highest BCUT2D eigenvalue weighted by Crippen LogP contribution is 2.47. The molecule has 0 bridgehead atoms. The molecule has 0 spiro atoms. The minimum absolute atomic E-state index is 0.00969. The summed E-state index contributed by atoms with van der Waals surface area (Å²) in [4.78, 5) is 25.6. The molecule has 0 aliphatic carbocycles. The van der Waals surface area contributed by atoms with E-state index in [1.54, 1.807) is 24.3 Å². The first kappa shape index (κ1) is 22.7. The number of esters is 1. The molecule has 1 unspecified atom stereocenters. The summed E-state index contributed by atoms with van der Waals surface area (Å²) in [6.45, 7) is 0.0422. The average Bonchev–Trinajstić information content (AvgIpc) is 2.85. The van der Waals surface area contributed by atoms with Crippen molar-refractivity contribution in [2.24, 2.45) is 0 Å². The molecule has 0 saturated carbocycles. The van der Waals surface area contributed by atoms with Crippen molar-refractivity contribution in [2.45, 2.75) is 12.3 Å². The fourth-order valence-corrected chi connectivity index (χ4v) is 4.27. The lowest BCUT2D eigenvalue weighted by Crippen LogP contribution is -2.22. The largest absolute Gasteiger partial charge is 0.507 e. The van der Waals surface area contributed by atoms with Crippen molar-refractivity contribution >= 4 is 16.9 Å². The number of hydrogen-bond donors (Lipinski definition) is 4. The molecule has 1 atom stereocenters. The molecule has 4 aromatic rings. The van der Waals surface area contributed by atoms with Gasteiger partial charge in [-0.25, -0.2) is 0 Å². The second-order valence-electron chi connectivity index (χ2n) is 8.12. The van der Waals surface area contributed by atoms with Crippen LogP contribution in [0.3, 0.4) is 0 Å². The van der Waals surface area contributed by atoms with E-state index in [4.69, 9.17) is 20.3 Å². The van der Waals surface area contributed by atoms with Crippen LogP contribution in [0.15, 0.2) is 57.7 Å². The maximum atomic E-state index is 13.1. The van der Waals surface area contributed by atoms with Gasteiger partial charge in [-0.1, -0.05) is 18.1 Å². The van der Waals surface area contributed by atoms with Crippen LogP contribution in [0.5, 0.6) is 34.5 Å². The van der Waals surface area contributed by atoms with Gasteiger partial charge in [-0.15, -0.1) is 6.42 Å². The number of hydrogen-bond acceptors (Lipinski definition) is 9. The normalized spacial score (nSPS) is 14.6. The highest BCUT2D eigenvalue weighted by molar-refractivity contribution is 5.94. The molecule has 5 rings (SSSR count). The summed E-state index contributed by atoms with van der Waals surface area (Å²) >= 11 is 0. The zero-order valence-corrected chi connectivity index (χ0v) is 18.5. The van der Waals surface area contributed by atoms with E-state index in [9.17, 15) is 30.0 Å². The minimum Gasteiger partial charge on any atom is -0.507 e. The van der Waals surface area contributed by atoms with Crippen molar-refractivity contribution in [1.29, 1.82) is 0 Å². The molecule has 0 radical (unpaired) electrons. The Kier molecular flexibility index (Phi) is 5.42. The first-order valence-corrected chi connectivity index (χ1v) is 10.7. The smallest absolute Gasteiger partial charge is 0.312 e. The summed E-state index contributed by atoms with van der Waals surface area (Å²) < 4.78 is 16.8. The predicted molar refractivity (Wildman–Crippen MR) is 127 cm³/mol. The van der Waals surface area contributed by atoms with Gasteiger partial charge in [-0.05, 0) is 35.9 Å². The van der Waals surface area contributed by atoms with Crippen molar-refractivity contribution in [3.8, 4) is 58.2 Å². The number of carbonyl (C=O) groups excluding carboxylic acids is 1. The zero-order valence-electron chi connectivity index (χ0n) is 18.5. The highest BCUT2D eigenvalue weighted by atomic mass is 16.5. The van der Waals surface area contributed by atoms with Gasteiger partial charge in [0, 0.05) is 23.1 Å². The maximum absolute atomic E-state index is 13.1. The molecule has 9 nitrogen and oxygen atoms in total. The molecule has 2 heterocycles. The Labute approximate surface area is 203 Å². The van der Waals surface area contributed by atoms with E-state index in [2.05, 4.69) is 5.92 Å². The summed E-state index contributed by atoms with van der Waals surface area (Å²) in [7, 11) is 0. The Hall–Kier alpha value is -5.10. The van der Waals surface area contributed by atoms with Gasteiger partial charge < -0.3 is 34.3 Å². The van der Waals surface area contributed by atoms with Crippen LogP contribution < -0.4 is 14.9 Å². The SMILES string of the molecule is C#CCOc1cccc(C2CC(=O)Oc3cc(O)c4c(=O)c(O)c(-c5ccc(O)c(O)c5)oc4c32)c1. The average molecular weight is 486 g/mol. The molecule has 36 heavy (non-hydrogen) atoms. The van der Waals surface area contributed by atoms with Crippen molar-refractivity contribution in [2.75, 3.05) is 6.61 Å². The van der Waals surface area contributed by atoms with Gasteiger partial charge in [0.05, 0.1) is 6.42 Å². The molecule has 0 amide bonds. The first-order valence-electron chi connectivity index (χ1n) is 10.7. The molecule has 1 aliphatic heterocycles. The van der Waals surface area contributed by atoms with E-state index in [1.165, 1.54) is 12.1 Å². The van der Waals surface area contributed by atoms with Crippen molar-refractivity contribution in [3.05, 3.63) is 69.9 Å². The van der Waals surface area contributed by atoms with Crippen LogP contribution in [0, 0.1) is 12.3 Å². The maximum Gasteiger partial charge on any atom is 0.312 e. The topological polar surface area (TPSA) is 147 Å². The van der Waals surface area contributed by atoms with E-state index in [0.717, 1.165) is 12.1 Å². The molecule has 4 N–H and O–H groups in total. The van der Waals surface area contributed by atoms with Crippen LogP contribution in [0.25, 0.3) is 22.3 Å². The van der Waals surface area contributed by atoms with Gasteiger partial charge in [0.25, 0.3) is 0 Å². The molecule has 0 fully saturated rings. The number of phenolic OH excluding ortho intramolecular Hbond substituents is 3. The van der Waals surface area contributed by atoms with Crippen LogP contribution in [-0.4, -0.2) is 33.0 Å². The molecule has 180 valence electrons. The van der Waals surface area contributed by atoms with E-state index >= 15 is 0 Å². The molecule has 3 aromatic carbocycles. The van der Waals surface area contributed by atoms with E-state index in [-0.39, 0.29) is 41.1 Å². The number of aromatic hydroxyl groups is 4. The van der Waals surface area contributed by atoms with Crippen LogP contribution >= 0.6 is 0 Å². The first-order chi connectivity index (χ1) is 17.3. The Balaban J connectivity index is 1.79. The van der Waals surface area contributed by atoms with Gasteiger partial charge in [0.15, 0.2) is 17.3 Å². The van der Waals surface area contributed by atoms with Gasteiger partial charge in [0.2, 0.25) is 11.2 Å². The van der Waals surface area contributed by atoms with E-state index < -0.39 is 40.3 Å². The predicted octanol–water partition coefficient (Wildman–Crippen LogP) is 3.74. The molecule has 9 heteroatoms. The number of ether oxygens (including phenoxy) is 2. The number of phenols is 3. The summed E-state index contributed by atoms with van der Waals surface area (Å²) in [6, 6.07) is 11.6. The third kappa shape index (κ3) is 3.71. The van der Waals surface area contributed by atoms with Gasteiger partial charge >= 0.3 is 5.97 Å². The van der Waals surface area contributed by atoms with Crippen LogP contribution in [0.2, 0.25) is 0 Å². The molecule has 0 saturated heterocycles. The molecular formula is C27H18O9.